The summed E-state index contributed by atoms with van der Waals surface area (Å²) in [4.78, 5) is 21.2. The molecule has 0 heterocycles. The van der Waals surface area contributed by atoms with E-state index in [1.165, 1.54) is 30.3 Å². The average Bonchev–Trinajstić information content (AvgIpc) is 2.46. The Kier molecular flexibility index (Phi) is 2.81. The van der Waals surface area contributed by atoms with Gasteiger partial charge in [-0.2, -0.15) is 0 Å². The third-order valence-corrected chi connectivity index (χ3v) is 3.57. The van der Waals surface area contributed by atoms with Gasteiger partial charge in [-0.15, -0.1) is 0 Å². The van der Waals surface area contributed by atoms with Crippen LogP contribution in [0.4, 0.5) is 22.7 Å². The van der Waals surface area contributed by atoms with Crippen LogP contribution in [0.5, 0.6) is 0 Å². The molecule has 110 valence electrons. The lowest BCUT2D eigenvalue weighted by atomic mass is 9.99. The van der Waals surface area contributed by atoms with Crippen molar-refractivity contribution in [3.63, 3.8) is 0 Å². The number of rotatable bonds is 2. The first kappa shape index (κ1) is 13.6. The lowest BCUT2D eigenvalue weighted by molar-refractivity contribution is -0.383. The van der Waals surface area contributed by atoms with Gasteiger partial charge in [0.25, 0.3) is 11.4 Å². The molecule has 0 saturated carbocycles. The van der Waals surface area contributed by atoms with E-state index in [2.05, 4.69) is 0 Å². The largest absolute Gasteiger partial charge is 0.398 e. The zero-order chi connectivity index (χ0) is 16.0. The number of benzene rings is 3. The molecule has 0 aliphatic heterocycles. The van der Waals surface area contributed by atoms with Crippen LogP contribution < -0.4 is 11.5 Å². The van der Waals surface area contributed by atoms with Crippen LogP contribution in [-0.2, 0) is 0 Å². The second-order valence-corrected chi connectivity index (χ2v) is 4.81. The molecule has 8 nitrogen and oxygen atoms in total. The van der Waals surface area contributed by atoms with Crippen LogP contribution in [-0.4, -0.2) is 9.85 Å². The maximum atomic E-state index is 11.2. The fourth-order valence-corrected chi connectivity index (χ4v) is 2.52. The minimum absolute atomic E-state index is 0.164. The first-order valence-corrected chi connectivity index (χ1v) is 6.23. The number of non-ortho nitro benzene ring substituents is 2. The fourth-order valence-electron chi connectivity index (χ4n) is 2.52. The Morgan fingerprint density at radius 1 is 0.682 bits per heavy atom. The molecule has 3 rings (SSSR count). The summed E-state index contributed by atoms with van der Waals surface area (Å²) >= 11 is 0. The summed E-state index contributed by atoms with van der Waals surface area (Å²) in [6, 6.07) is 8.37. The molecule has 3 aromatic rings. The summed E-state index contributed by atoms with van der Waals surface area (Å²) in [5.41, 5.74) is 12.1. The predicted molar refractivity (Wildman–Crippen MR) is 83.6 cm³/mol. The van der Waals surface area contributed by atoms with Crippen molar-refractivity contribution >= 4 is 44.3 Å². The number of nitrogens with two attached hydrogens (primary N) is 2. The fraction of sp³-hybridized carbons (Fsp3) is 0. The van der Waals surface area contributed by atoms with Crippen molar-refractivity contribution in [2.24, 2.45) is 0 Å². The van der Waals surface area contributed by atoms with Gasteiger partial charge in [-0.1, -0.05) is 0 Å². The molecule has 0 atom stereocenters. The monoisotopic (exact) mass is 298 g/mol. The van der Waals surface area contributed by atoms with Crippen molar-refractivity contribution in [3.05, 3.63) is 56.6 Å². The van der Waals surface area contributed by atoms with Gasteiger partial charge in [0.2, 0.25) is 0 Å². The first-order valence-electron chi connectivity index (χ1n) is 6.23. The molecule has 0 saturated heterocycles. The number of hydrogen-bond acceptors (Lipinski definition) is 6. The highest BCUT2D eigenvalue weighted by Crippen LogP contribution is 2.38. The third-order valence-electron chi connectivity index (χ3n) is 3.57. The summed E-state index contributed by atoms with van der Waals surface area (Å²) in [7, 11) is 0. The summed E-state index contributed by atoms with van der Waals surface area (Å²) < 4.78 is 0. The zero-order valence-electron chi connectivity index (χ0n) is 11.1. The minimum atomic E-state index is -0.550. The lowest BCUT2D eigenvalue weighted by Gasteiger charge is -2.08. The van der Waals surface area contributed by atoms with Crippen molar-refractivity contribution in [2.75, 3.05) is 11.5 Å². The van der Waals surface area contributed by atoms with E-state index in [-0.39, 0.29) is 22.1 Å². The van der Waals surface area contributed by atoms with Crippen LogP contribution in [0.15, 0.2) is 36.4 Å². The third kappa shape index (κ3) is 1.85. The number of nitro benzene ring substituents is 2. The van der Waals surface area contributed by atoms with E-state index in [1.807, 2.05) is 0 Å². The van der Waals surface area contributed by atoms with Crippen LogP contribution in [0.25, 0.3) is 21.5 Å². The highest BCUT2D eigenvalue weighted by Gasteiger charge is 2.19. The smallest absolute Gasteiger partial charge is 0.277 e. The summed E-state index contributed by atoms with van der Waals surface area (Å²) in [5, 5.41) is 23.7. The standard InChI is InChI=1S/C14H10N4O4/c15-11-1-3-13(17(19)20)9-6-10-8(5-7(9)11)12(16)2-4-14(10)18(21)22/h1-6H,15-16H2. The Balaban J connectivity index is 2.57. The van der Waals surface area contributed by atoms with Crippen molar-refractivity contribution in [3.8, 4) is 0 Å². The predicted octanol–water partition coefficient (Wildman–Crippen LogP) is 2.97. The van der Waals surface area contributed by atoms with Crippen LogP contribution >= 0.6 is 0 Å². The maximum absolute atomic E-state index is 11.2. The highest BCUT2D eigenvalue weighted by molar-refractivity contribution is 6.12. The van der Waals surface area contributed by atoms with Crippen molar-refractivity contribution in [1.29, 1.82) is 0 Å². The quantitative estimate of drug-likeness (QED) is 0.322. The van der Waals surface area contributed by atoms with Gasteiger partial charge in [0, 0.05) is 34.3 Å². The molecule has 0 fully saturated rings. The van der Waals surface area contributed by atoms with Gasteiger partial charge in [0.1, 0.15) is 0 Å². The molecular formula is C14H10N4O4. The van der Waals surface area contributed by atoms with Gasteiger partial charge in [0.15, 0.2) is 0 Å². The van der Waals surface area contributed by atoms with Gasteiger partial charge >= 0.3 is 0 Å². The normalized spacial score (nSPS) is 10.9. The zero-order valence-corrected chi connectivity index (χ0v) is 11.1. The Bertz CT molecular complexity index is 893. The Morgan fingerprint density at radius 3 is 1.41 bits per heavy atom. The summed E-state index contributed by atoms with van der Waals surface area (Å²) in [6.45, 7) is 0. The topological polar surface area (TPSA) is 138 Å². The molecule has 22 heavy (non-hydrogen) atoms. The van der Waals surface area contributed by atoms with Gasteiger partial charge in [0.05, 0.1) is 20.6 Å². The first-order chi connectivity index (χ1) is 10.4. The van der Waals surface area contributed by atoms with Crippen molar-refractivity contribution in [1.82, 2.24) is 0 Å². The molecule has 0 bridgehead atoms. The van der Waals surface area contributed by atoms with Crippen LogP contribution in [0.1, 0.15) is 0 Å². The minimum Gasteiger partial charge on any atom is -0.398 e. The van der Waals surface area contributed by atoms with Gasteiger partial charge < -0.3 is 11.5 Å². The Hall–Kier alpha value is -3.42. The number of nitro groups is 2. The molecule has 0 amide bonds. The molecule has 0 unspecified atom stereocenters. The van der Waals surface area contributed by atoms with Gasteiger partial charge in [-0.3, -0.25) is 20.2 Å². The van der Waals surface area contributed by atoms with Gasteiger partial charge in [-0.05, 0) is 24.3 Å². The molecule has 0 aromatic heterocycles. The molecule has 0 spiro atoms. The number of hydrogen-bond donors (Lipinski definition) is 2. The lowest BCUT2D eigenvalue weighted by Crippen LogP contribution is -1.97. The number of anilines is 2. The van der Waals surface area contributed by atoms with E-state index in [4.69, 9.17) is 11.5 Å². The summed E-state index contributed by atoms with van der Waals surface area (Å²) in [6.07, 6.45) is 0. The Labute approximate surface area is 123 Å². The number of nitrogens with zero attached hydrogens (tertiary/aromatic N) is 2. The molecule has 0 aliphatic carbocycles. The van der Waals surface area contributed by atoms with Gasteiger partial charge in [-0.25, -0.2) is 0 Å². The highest BCUT2D eigenvalue weighted by atomic mass is 16.6. The molecule has 0 radical (unpaired) electrons. The Morgan fingerprint density at radius 2 is 1.05 bits per heavy atom. The van der Waals surface area contributed by atoms with E-state index in [9.17, 15) is 20.2 Å². The van der Waals surface area contributed by atoms with Crippen molar-refractivity contribution in [2.45, 2.75) is 0 Å². The summed E-state index contributed by atoms with van der Waals surface area (Å²) in [5.74, 6) is 0. The second kappa shape index (κ2) is 4.55. The van der Waals surface area contributed by atoms with Crippen LogP contribution in [0.3, 0.4) is 0 Å². The SMILES string of the molecule is Nc1ccc([N+](=O)[O-])c2cc3c([N+](=O)[O-])ccc(N)c3cc12. The number of nitrogen functional groups attached to an aromatic ring is 2. The van der Waals surface area contributed by atoms with E-state index in [1.54, 1.807) is 6.07 Å². The van der Waals surface area contributed by atoms with E-state index in [0.717, 1.165) is 0 Å². The van der Waals surface area contributed by atoms with Crippen LogP contribution in [0, 0.1) is 20.2 Å². The molecule has 3 aromatic carbocycles. The molecule has 0 aliphatic rings. The molecule has 4 N–H and O–H groups in total. The average molecular weight is 298 g/mol. The molecular weight excluding hydrogens is 288 g/mol. The van der Waals surface area contributed by atoms with E-state index >= 15 is 0 Å². The second-order valence-electron chi connectivity index (χ2n) is 4.81. The number of fused-ring (bicyclic) bond motifs is 2. The van der Waals surface area contributed by atoms with Crippen molar-refractivity contribution < 1.29 is 9.85 Å². The van der Waals surface area contributed by atoms with E-state index < -0.39 is 9.85 Å². The van der Waals surface area contributed by atoms with E-state index in [0.29, 0.717) is 22.1 Å². The molecule has 8 heteroatoms. The maximum Gasteiger partial charge on any atom is 0.277 e. The van der Waals surface area contributed by atoms with Crippen LogP contribution in [0.2, 0.25) is 0 Å².